The second kappa shape index (κ2) is 11.8. The number of benzene rings is 2. The lowest BCUT2D eigenvalue weighted by atomic mass is 9.95. The second-order valence-electron chi connectivity index (χ2n) is 8.28. The third-order valence-corrected chi connectivity index (χ3v) is 6.72. The summed E-state index contributed by atoms with van der Waals surface area (Å²) in [7, 11) is 0. The minimum absolute atomic E-state index is 0.0261. The lowest BCUT2D eigenvalue weighted by Gasteiger charge is -2.13. The van der Waals surface area contributed by atoms with E-state index >= 15 is 0 Å². The van der Waals surface area contributed by atoms with Gasteiger partial charge in [0.05, 0.1) is 24.0 Å². The first-order valence-electron chi connectivity index (χ1n) is 11.4. The molecule has 0 bridgehead atoms. The number of hydrogen-bond donors (Lipinski definition) is 3. The molecule has 0 unspecified atom stereocenters. The maximum atomic E-state index is 13.6. The van der Waals surface area contributed by atoms with Crippen LogP contribution in [0.3, 0.4) is 0 Å². The van der Waals surface area contributed by atoms with E-state index in [4.69, 9.17) is 15.3 Å². The molecule has 8 nitrogen and oxygen atoms in total. The average Bonchev–Trinajstić information content (AvgIpc) is 3.41. The molecule has 0 fully saturated rings. The molecule has 0 aliphatic carbocycles. The van der Waals surface area contributed by atoms with Gasteiger partial charge < -0.3 is 20.4 Å². The number of nitrogens with two attached hydrogens (primary N) is 1. The van der Waals surface area contributed by atoms with E-state index in [1.807, 2.05) is 18.2 Å². The number of nitrogen functional groups attached to an aromatic ring is 1. The molecule has 2 heterocycles. The summed E-state index contributed by atoms with van der Waals surface area (Å²) in [6, 6.07) is 14.7. The number of halogens is 2. The number of aliphatic hydroxyl groups is 2. The molecule has 2 aromatic carbocycles. The van der Waals surface area contributed by atoms with Gasteiger partial charge in [0.2, 0.25) is 5.89 Å². The van der Waals surface area contributed by atoms with E-state index in [2.05, 4.69) is 16.0 Å². The topological polar surface area (TPSA) is 153 Å². The van der Waals surface area contributed by atoms with Crippen molar-refractivity contribution in [1.29, 1.82) is 10.5 Å². The van der Waals surface area contributed by atoms with Crippen molar-refractivity contribution in [3.05, 3.63) is 82.7 Å². The molecule has 0 saturated carbocycles. The smallest absolute Gasteiger partial charge is 0.226 e. The Hall–Kier alpha value is -4.29. The predicted octanol–water partition coefficient (Wildman–Crippen LogP) is 4.59. The zero-order valence-corrected chi connectivity index (χ0v) is 20.7. The van der Waals surface area contributed by atoms with Crippen molar-refractivity contribution in [3.8, 4) is 34.7 Å². The highest BCUT2D eigenvalue weighted by Crippen LogP contribution is 2.37. The number of pyridine rings is 1. The largest absolute Gasteiger partial charge is 0.444 e. The Kier molecular flexibility index (Phi) is 8.34. The Balaban J connectivity index is 1.60. The van der Waals surface area contributed by atoms with Gasteiger partial charge in [-0.2, -0.15) is 10.5 Å². The molecule has 0 amide bonds. The van der Waals surface area contributed by atoms with E-state index in [-0.39, 0.29) is 40.8 Å². The summed E-state index contributed by atoms with van der Waals surface area (Å²) in [4.78, 5) is 8.57. The minimum atomic E-state index is -1.02. The molecule has 2 aromatic heterocycles. The van der Waals surface area contributed by atoms with Gasteiger partial charge in [0, 0.05) is 16.9 Å². The fourth-order valence-corrected chi connectivity index (χ4v) is 4.60. The van der Waals surface area contributed by atoms with Crippen LogP contribution in [0.15, 0.2) is 58.2 Å². The predicted molar refractivity (Wildman–Crippen MR) is 136 cm³/mol. The molecule has 0 radical (unpaired) electrons. The van der Waals surface area contributed by atoms with Crippen LogP contribution in [0.2, 0.25) is 0 Å². The number of anilines is 1. The fraction of sp³-hybridized carbons (Fsp3) is 0.185. The number of nitrogens with zero attached hydrogens (tertiary/aromatic N) is 4. The van der Waals surface area contributed by atoms with E-state index in [1.54, 1.807) is 12.1 Å². The normalized spacial score (nSPS) is 11.6. The van der Waals surface area contributed by atoms with Gasteiger partial charge in [-0.25, -0.2) is 18.7 Å². The first-order valence-corrected chi connectivity index (χ1v) is 12.4. The van der Waals surface area contributed by atoms with E-state index in [0.717, 1.165) is 17.7 Å². The summed E-state index contributed by atoms with van der Waals surface area (Å²) in [6.07, 6.45) is 1.51. The molecule has 38 heavy (non-hydrogen) atoms. The summed E-state index contributed by atoms with van der Waals surface area (Å²) in [5, 5.41) is 38.6. The van der Waals surface area contributed by atoms with Gasteiger partial charge >= 0.3 is 0 Å². The number of nitriles is 2. The van der Waals surface area contributed by atoms with Crippen molar-refractivity contribution < 1.29 is 23.4 Å². The summed E-state index contributed by atoms with van der Waals surface area (Å²) in [5.74, 6) is -1.68. The van der Waals surface area contributed by atoms with Crippen LogP contribution in [0, 0.1) is 34.3 Å². The number of aryl methyl sites for hydroxylation is 1. The van der Waals surface area contributed by atoms with Gasteiger partial charge in [0.15, 0.2) is 11.6 Å². The number of oxazole rings is 1. The summed E-state index contributed by atoms with van der Waals surface area (Å²) >= 11 is 1.17. The van der Waals surface area contributed by atoms with Crippen LogP contribution in [0.4, 0.5) is 14.6 Å². The van der Waals surface area contributed by atoms with Gasteiger partial charge in [-0.15, -0.1) is 0 Å². The highest BCUT2D eigenvalue weighted by molar-refractivity contribution is 7.98. The maximum Gasteiger partial charge on any atom is 0.226 e. The zero-order chi connectivity index (χ0) is 27.2. The molecular weight excluding hydrogens is 512 g/mol. The third kappa shape index (κ3) is 5.82. The molecular formula is C27H21F2N5O3S. The Morgan fingerprint density at radius 1 is 1.00 bits per heavy atom. The number of aromatic nitrogens is 2. The summed E-state index contributed by atoms with van der Waals surface area (Å²) in [6.45, 7) is -0.313. The quantitative estimate of drug-likeness (QED) is 0.262. The monoisotopic (exact) mass is 533 g/mol. The van der Waals surface area contributed by atoms with Crippen LogP contribution in [-0.2, 0) is 12.2 Å². The van der Waals surface area contributed by atoms with E-state index in [1.165, 1.54) is 24.1 Å². The van der Waals surface area contributed by atoms with Gasteiger partial charge in [-0.3, -0.25) is 0 Å². The van der Waals surface area contributed by atoms with E-state index in [0.29, 0.717) is 34.7 Å². The Bertz CT molecular complexity index is 1540. The van der Waals surface area contributed by atoms with Crippen LogP contribution in [0.5, 0.6) is 0 Å². The third-order valence-electron chi connectivity index (χ3n) is 5.71. The van der Waals surface area contributed by atoms with Crippen LogP contribution in [-0.4, -0.2) is 32.9 Å². The molecule has 1 atom stereocenters. The van der Waals surface area contributed by atoms with Gasteiger partial charge in [0.1, 0.15) is 34.8 Å². The molecule has 4 N–H and O–H groups in total. The Morgan fingerprint density at radius 2 is 1.71 bits per heavy atom. The lowest BCUT2D eigenvalue weighted by molar-refractivity contribution is 0.0886. The minimum Gasteiger partial charge on any atom is -0.444 e. The average molecular weight is 534 g/mol. The van der Waals surface area contributed by atoms with Crippen LogP contribution in [0.25, 0.3) is 22.6 Å². The van der Waals surface area contributed by atoms with Crippen molar-refractivity contribution in [2.45, 2.75) is 29.7 Å². The fourth-order valence-electron chi connectivity index (χ4n) is 3.73. The molecule has 0 spiro atoms. The number of hydrogen-bond acceptors (Lipinski definition) is 9. The molecule has 4 rings (SSSR count). The van der Waals surface area contributed by atoms with Crippen LogP contribution < -0.4 is 5.73 Å². The maximum absolute atomic E-state index is 13.6. The van der Waals surface area contributed by atoms with E-state index in [9.17, 15) is 24.4 Å². The first kappa shape index (κ1) is 26.8. The second-order valence-corrected chi connectivity index (χ2v) is 9.25. The molecule has 0 aliphatic rings. The molecule has 4 aromatic rings. The first-order chi connectivity index (χ1) is 18.3. The summed E-state index contributed by atoms with van der Waals surface area (Å²) < 4.78 is 32.2. The van der Waals surface area contributed by atoms with Crippen molar-refractivity contribution in [2.24, 2.45) is 0 Å². The SMILES string of the molecule is N#Cc1c(N)nc(SCc2coc(-c3ccc(F)c(F)c3)n2)c(C#N)c1-c1ccc(CC[C@@H](O)CO)cc1. The molecule has 11 heteroatoms. The van der Waals surface area contributed by atoms with E-state index < -0.39 is 17.7 Å². The summed E-state index contributed by atoms with van der Waals surface area (Å²) in [5.41, 5.74) is 8.96. The molecule has 0 aliphatic heterocycles. The van der Waals surface area contributed by atoms with Gasteiger partial charge in [-0.05, 0) is 42.2 Å². The zero-order valence-electron chi connectivity index (χ0n) is 19.9. The molecule has 192 valence electrons. The Labute approximate surface area is 221 Å². The number of rotatable bonds is 9. The standard InChI is InChI=1S/C27H21F2N5O3S/c28-22-8-6-17(9-23(22)29)26-33-18(13-37-26)14-38-27-21(11-31)24(20(10-30)25(32)34-27)16-4-1-15(2-5-16)3-7-19(36)12-35/h1-2,4-6,8-9,13,19,35-36H,3,7,12,14H2,(H2,32,34)/t19-/m1/s1. The van der Waals surface area contributed by atoms with Crippen molar-refractivity contribution in [3.63, 3.8) is 0 Å². The van der Waals surface area contributed by atoms with Gasteiger partial charge in [0.25, 0.3) is 0 Å². The molecule has 0 saturated heterocycles. The van der Waals surface area contributed by atoms with Crippen molar-refractivity contribution in [1.82, 2.24) is 9.97 Å². The highest BCUT2D eigenvalue weighted by atomic mass is 32.2. The van der Waals surface area contributed by atoms with Gasteiger partial charge in [-0.1, -0.05) is 36.0 Å². The lowest BCUT2D eigenvalue weighted by Crippen LogP contribution is -2.12. The number of thioether (sulfide) groups is 1. The van der Waals surface area contributed by atoms with Crippen molar-refractivity contribution in [2.75, 3.05) is 12.3 Å². The van der Waals surface area contributed by atoms with Crippen LogP contribution in [0.1, 0.15) is 28.8 Å². The van der Waals surface area contributed by atoms with Crippen molar-refractivity contribution >= 4 is 17.6 Å². The number of aliphatic hydroxyl groups excluding tert-OH is 2. The Morgan fingerprint density at radius 3 is 2.37 bits per heavy atom. The highest BCUT2D eigenvalue weighted by Gasteiger charge is 2.21. The van der Waals surface area contributed by atoms with Crippen LogP contribution >= 0.6 is 11.8 Å².